The standard InChI is InChI=1S/C16H23F3N2/c1-12-9-13(2)11-14(10-12)15(3-4-16(17,18)19)21-7-5-20-6-8-21/h9-11,15,20H,3-8H2,1-2H3/t15-/m1/s1. The summed E-state index contributed by atoms with van der Waals surface area (Å²) in [6.45, 7) is 7.27. The minimum absolute atomic E-state index is 0.131. The Morgan fingerprint density at radius 3 is 2.19 bits per heavy atom. The molecule has 0 aliphatic carbocycles. The molecule has 2 rings (SSSR count). The van der Waals surface area contributed by atoms with Gasteiger partial charge >= 0.3 is 6.18 Å². The molecule has 1 aliphatic heterocycles. The van der Waals surface area contributed by atoms with Crippen LogP contribution in [0.4, 0.5) is 13.2 Å². The van der Waals surface area contributed by atoms with Crippen LogP contribution < -0.4 is 5.32 Å². The number of benzene rings is 1. The van der Waals surface area contributed by atoms with Crippen molar-refractivity contribution in [2.45, 2.75) is 38.9 Å². The summed E-state index contributed by atoms with van der Waals surface area (Å²) in [6, 6.07) is 5.96. The van der Waals surface area contributed by atoms with E-state index in [1.54, 1.807) is 0 Å². The first-order chi connectivity index (χ1) is 9.85. The molecule has 0 radical (unpaired) electrons. The van der Waals surface area contributed by atoms with E-state index in [0.717, 1.165) is 42.9 Å². The number of hydrogen-bond acceptors (Lipinski definition) is 2. The normalized spacial score (nSPS) is 18.7. The topological polar surface area (TPSA) is 15.3 Å². The monoisotopic (exact) mass is 300 g/mol. The Bertz CT molecular complexity index is 445. The average Bonchev–Trinajstić information content (AvgIpc) is 2.37. The third kappa shape index (κ3) is 5.00. The summed E-state index contributed by atoms with van der Waals surface area (Å²) in [6.07, 6.45) is -4.69. The van der Waals surface area contributed by atoms with E-state index < -0.39 is 12.6 Å². The first-order valence-electron chi connectivity index (χ1n) is 7.45. The van der Waals surface area contributed by atoms with E-state index in [4.69, 9.17) is 0 Å². The zero-order chi connectivity index (χ0) is 15.5. The first kappa shape index (κ1) is 16.3. The molecule has 1 aromatic carbocycles. The number of alkyl halides is 3. The summed E-state index contributed by atoms with van der Waals surface area (Å²) in [4.78, 5) is 2.18. The van der Waals surface area contributed by atoms with Crippen LogP contribution in [0.2, 0.25) is 0 Å². The van der Waals surface area contributed by atoms with Crippen LogP contribution in [0.3, 0.4) is 0 Å². The fourth-order valence-electron chi connectivity index (χ4n) is 3.06. The van der Waals surface area contributed by atoms with Crippen LogP contribution in [0.1, 0.15) is 35.6 Å². The minimum Gasteiger partial charge on any atom is -0.314 e. The second-order valence-corrected chi connectivity index (χ2v) is 5.88. The lowest BCUT2D eigenvalue weighted by Crippen LogP contribution is -2.45. The molecule has 0 unspecified atom stereocenters. The van der Waals surface area contributed by atoms with E-state index >= 15 is 0 Å². The maximum atomic E-state index is 12.6. The van der Waals surface area contributed by atoms with Crippen molar-refractivity contribution in [2.75, 3.05) is 26.2 Å². The van der Waals surface area contributed by atoms with Gasteiger partial charge in [0, 0.05) is 38.6 Å². The number of halogens is 3. The van der Waals surface area contributed by atoms with Crippen molar-refractivity contribution < 1.29 is 13.2 Å². The molecule has 2 nitrogen and oxygen atoms in total. The van der Waals surface area contributed by atoms with E-state index in [-0.39, 0.29) is 12.5 Å². The minimum atomic E-state index is -4.09. The molecular weight excluding hydrogens is 277 g/mol. The lowest BCUT2D eigenvalue weighted by molar-refractivity contribution is -0.138. The van der Waals surface area contributed by atoms with Gasteiger partial charge < -0.3 is 5.32 Å². The van der Waals surface area contributed by atoms with Gasteiger partial charge in [0.25, 0.3) is 0 Å². The Morgan fingerprint density at radius 1 is 1.10 bits per heavy atom. The summed E-state index contributed by atoms with van der Waals surface area (Å²) in [5.74, 6) is 0. The molecule has 1 aliphatic rings. The third-order valence-electron chi connectivity index (χ3n) is 3.92. The fraction of sp³-hybridized carbons (Fsp3) is 0.625. The molecule has 1 saturated heterocycles. The van der Waals surface area contributed by atoms with E-state index in [1.807, 2.05) is 26.0 Å². The summed E-state index contributed by atoms with van der Waals surface area (Å²) in [7, 11) is 0. The van der Waals surface area contributed by atoms with Gasteiger partial charge in [0.05, 0.1) is 0 Å². The van der Waals surface area contributed by atoms with Crippen molar-refractivity contribution in [3.8, 4) is 0 Å². The summed E-state index contributed by atoms with van der Waals surface area (Å²) in [5.41, 5.74) is 3.23. The maximum absolute atomic E-state index is 12.6. The van der Waals surface area contributed by atoms with Crippen molar-refractivity contribution >= 4 is 0 Å². The lowest BCUT2D eigenvalue weighted by Gasteiger charge is -2.35. The van der Waals surface area contributed by atoms with Gasteiger partial charge in [-0.1, -0.05) is 29.3 Å². The highest BCUT2D eigenvalue weighted by molar-refractivity contribution is 5.30. The van der Waals surface area contributed by atoms with Gasteiger partial charge in [0.1, 0.15) is 0 Å². The van der Waals surface area contributed by atoms with Crippen LogP contribution >= 0.6 is 0 Å². The highest BCUT2D eigenvalue weighted by Gasteiger charge is 2.31. The van der Waals surface area contributed by atoms with Gasteiger partial charge in [0.2, 0.25) is 0 Å². The summed E-state index contributed by atoms with van der Waals surface area (Å²) >= 11 is 0. The van der Waals surface area contributed by atoms with Crippen molar-refractivity contribution in [3.05, 3.63) is 34.9 Å². The van der Waals surface area contributed by atoms with E-state index in [0.29, 0.717) is 0 Å². The van der Waals surface area contributed by atoms with Crippen LogP contribution in [-0.4, -0.2) is 37.3 Å². The number of hydrogen-bond donors (Lipinski definition) is 1. The van der Waals surface area contributed by atoms with Gasteiger partial charge in [-0.05, 0) is 25.8 Å². The molecular formula is C16H23F3N2. The molecule has 0 spiro atoms. The fourth-order valence-corrected chi connectivity index (χ4v) is 3.06. The van der Waals surface area contributed by atoms with Gasteiger partial charge in [-0.15, -0.1) is 0 Å². The van der Waals surface area contributed by atoms with Gasteiger partial charge in [-0.3, -0.25) is 4.90 Å². The molecule has 21 heavy (non-hydrogen) atoms. The molecule has 1 aromatic rings. The highest BCUT2D eigenvalue weighted by atomic mass is 19.4. The second kappa shape index (κ2) is 6.79. The predicted molar refractivity (Wildman–Crippen MR) is 78.4 cm³/mol. The summed E-state index contributed by atoms with van der Waals surface area (Å²) in [5, 5.41) is 3.25. The van der Waals surface area contributed by atoms with E-state index in [9.17, 15) is 13.2 Å². The molecule has 0 amide bonds. The molecule has 0 bridgehead atoms. The largest absolute Gasteiger partial charge is 0.389 e. The quantitative estimate of drug-likeness (QED) is 0.914. The number of rotatable bonds is 4. The third-order valence-corrected chi connectivity index (χ3v) is 3.92. The molecule has 1 atom stereocenters. The van der Waals surface area contributed by atoms with Crippen LogP contribution in [-0.2, 0) is 0 Å². The molecule has 1 fully saturated rings. The Balaban J connectivity index is 2.21. The van der Waals surface area contributed by atoms with Crippen molar-refractivity contribution in [3.63, 3.8) is 0 Å². The second-order valence-electron chi connectivity index (χ2n) is 5.88. The van der Waals surface area contributed by atoms with Crippen LogP contribution in [0.15, 0.2) is 18.2 Å². The Kier molecular flexibility index (Phi) is 5.27. The average molecular weight is 300 g/mol. The van der Waals surface area contributed by atoms with Crippen LogP contribution in [0.25, 0.3) is 0 Å². The molecule has 5 heteroatoms. The molecule has 1 N–H and O–H groups in total. The Labute approximate surface area is 124 Å². The van der Waals surface area contributed by atoms with Crippen molar-refractivity contribution in [1.29, 1.82) is 0 Å². The summed E-state index contributed by atoms with van der Waals surface area (Å²) < 4.78 is 37.9. The van der Waals surface area contributed by atoms with Gasteiger partial charge in [0.15, 0.2) is 0 Å². The van der Waals surface area contributed by atoms with Crippen LogP contribution in [0, 0.1) is 13.8 Å². The molecule has 1 heterocycles. The number of aryl methyl sites for hydroxylation is 2. The Morgan fingerprint density at radius 2 is 1.67 bits per heavy atom. The maximum Gasteiger partial charge on any atom is 0.389 e. The smallest absolute Gasteiger partial charge is 0.314 e. The molecule has 0 saturated carbocycles. The first-order valence-corrected chi connectivity index (χ1v) is 7.45. The molecule has 118 valence electrons. The number of nitrogens with one attached hydrogen (secondary N) is 1. The predicted octanol–water partition coefficient (Wildman–Crippen LogP) is 3.59. The zero-order valence-electron chi connectivity index (χ0n) is 12.6. The number of piperazine rings is 1. The highest BCUT2D eigenvalue weighted by Crippen LogP contribution is 2.32. The van der Waals surface area contributed by atoms with Crippen molar-refractivity contribution in [2.24, 2.45) is 0 Å². The van der Waals surface area contributed by atoms with Gasteiger partial charge in [-0.25, -0.2) is 0 Å². The Hall–Kier alpha value is -1.07. The SMILES string of the molecule is Cc1cc(C)cc([C@@H](CCC(F)(F)F)N2CCNCC2)c1. The van der Waals surface area contributed by atoms with Crippen LogP contribution in [0.5, 0.6) is 0 Å². The van der Waals surface area contributed by atoms with Gasteiger partial charge in [-0.2, -0.15) is 13.2 Å². The number of nitrogens with zero attached hydrogens (tertiary/aromatic N) is 1. The van der Waals surface area contributed by atoms with Crippen molar-refractivity contribution in [1.82, 2.24) is 10.2 Å². The van der Waals surface area contributed by atoms with E-state index in [1.165, 1.54) is 0 Å². The molecule has 0 aromatic heterocycles. The zero-order valence-corrected chi connectivity index (χ0v) is 12.6. The lowest BCUT2D eigenvalue weighted by atomic mass is 9.96. The van der Waals surface area contributed by atoms with E-state index in [2.05, 4.69) is 16.3 Å².